The first-order valence-corrected chi connectivity index (χ1v) is 23.4. The van der Waals surface area contributed by atoms with Crippen LogP contribution in [0.5, 0.6) is 0 Å². The number of carbonyl (C=O) groups is 3. The molecule has 2 N–H and O–H groups in total. The van der Waals surface area contributed by atoms with Gasteiger partial charge in [0.1, 0.15) is 11.4 Å². The fourth-order valence-electron chi connectivity index (χ4n) is 7.72. The van der Waals surface area contributed by atoms with Crippen LogP contribution in [0.1, 0.15) is 157 Å². The molecule has 0 saturated heterocycles. The standard InChI is InChI=1S/C23H29N3O3.C19H22N2O2.C6H15N.C4H7NO/c1-5-10-19-20-17(14-26(19)23(28)24-15(3)4)13-18(22(27)29-6-2)25-21(20)16-11-8-7-9-12-16;1-3-8-15-17-14(12-20-15)11-16(19(22)23-4-2)21-18(17)13-9-6-5-7-10-13;1-4-7(5-2)6-3;1-4(2)5-3-6/h7-9,11-13,15,19H,5-6,10,14H2,1-4H3,(H,24,28);5-7,9-11,15,20H,3-4,8,12H2,1-2H3;4-6H2,1-3H3;4H,1-2H3/t19-;15-;;/m11../s1. The van der Waals surface area contributed by atoms with Crippen LogP contribution in [-0.2, 0) is 27.4 Å². The fraction of sp³-hybridized carbons (Fsp3) is 0.500. The average molecular weight is 892 g/mol. The van der Waals surface area contributed by atoms with E-state index in [-0.39, 0.29) is 35.8 Å². The van der Waals surface area contributed by atoms with E-state index < -0.39 is 5.97 Å². The van der Waals surface area contributed by atoms with E-state index >= 15 is 0 Å². The third kappa shape index (κ3) is 15.7. The van der Waals surface area contributed by atoms with Crippen LogP contribution in [0.4, 0.5) is 4.79 Å². The van der Waals surface area contributed by atoms with Gasteiger partial charge >= 0.3 is 18.0 Å². The van der Waals surface area contributed by atoms with Gasteiger partial charge in [-0.05, 0) is 103 Å². The zero-order chi connectivity index (χ0) is 47.9. The monoisotopic (exact) mass is 892 g/mol. The van der Waals surface area contributed by atoms with Crippen molar-refractivity contribution in [1.82, 2.24) is 30.4 Å². The first kappa shape index (κ1) is 53.6. The summed E-state index contributed by atoms with van der Waals surface area (Å²) >= 11 is 0. The molecule has 13 nitrogen and oxygen atoms in total. The van der Waals surface area contributed by atoms with Gasteiger partial charge in [0.05, 0.1) is 36.7 Å². The molecule has 2 aliphatic heterocycles. The number of nitrogens with one attached hydrogen (secondary N) is 2. The van der Waals surface area contributed by atoms with E-state index in [0.29, 0.717) is 31.5 Å². The molecule has 2 amide bonds. The van der Waals surface area contributed by atoms with E-state index in [1.807, 2.05) is 106 Å². The number of aromatic nitrogens is 2. The molecule has 4 aromatic rings. The van der Waals surface area contributed by atoms with E-state index in [1.54, 1.807) is 13.0 Å². The lowest BCUT2D eigenvalue weighted by Gasteiger charge is -2.27. The van der Waals surface area contributed by atoms with Crippen LogP contribution in [0.2, 0.25) is 0 Å². The van der Waals surface area contributed by atoms with Crippen LogP contribution < -0.4 is 10.6 Å². The minimum Gasteiger partial charge on any atom is -0.461 e. The topological polar surface area (TPSA) is 155 Å². The Kier molecular flexibility index (Phi) is 23.3. The summed E-state index contributed by atoms with van der Waals surface area (Å²) in [5.74, 6) is -0.795. The summed E-state index contributed by atoms with van der Waals surface area (Å²) in [6.07, 6.45) is 5.37. The number of esters is 2. The van der Waals surface area contributed by atoms with Crippen LogP contribution in [0, 0.1) is 0 Å². The van der Waals surface area contributed by atoms with Crippen molar-refractivity contribution in [1.29, 1.82) is 0 Å². The molecule has 13 heteroatoms. The highest BCUT2D eigenvalue weighted by molar-refractivity contribution is 5.90. The largest absolute Gasteiger partial charge is 0.461 e. The fourth-order valence-corrected chi connectivity index (χ4v) is 7.72. The zero-order valence-corrected chi connectivity index (χ0v) is 40.7. The number of pyridine rings is 2. The van der Waals surface area contributed by atoms with Crippen LogP contribution >= 0.6 is 0 Å². The number of rotatable bonds is 15. The normalized spacial score (nSPS) is 14.4. The smallest absolute Gasteiger partial charge is 0.356 e. The summed E-state index contributed by atoms with van der Waals surface area (Å²) in [5, 5.41) is 6.54. The number of urea groups is 1. The van der Waals surface area contributed by atoms with E-state index in [2.05, 4.69) is 65.1 Å². The highest BCUT2D eigenvalue weighted by atomic mass is 16.5. The van der Waals surface area contributed by atoms with Crippen molar-refractivity contribution in [2.45, 2.75) is 139 Å². The summed E-state index contributed by atoms with van der Waals surface area (Å²) < 4.78 is 10.3. The number of nitrogens with zero attached hydrogens (tertiary/aromatic N) is 5. The van der Waals surface area contributed by atoms with Crippen molar-refractivity contribution < 1.29 is 28.7 Å². The van der Waals surface area contributed by atoms with E-state index in [9.17, 15) is 19.2 Å². The number of hydrogen-bond acceptors (Lipinski definition) is 11. The van der Waals surface area contributed by atoms with Crippen molar-refractivity contribution in [3.63, 3.8) is 0 Å². The maximum atomic E-state index is 12.9. The van der Waals surface area contributed by atoms with Gasteiger partial charge in [0.2, 0.25) is 6.08 Å². The molecule has 65 heavy (non-hydrogen) atoms. The molecular formula is C52H73N7O6. The van der Waals surface area contributed by atoms with Gasteiger partial charge in [0, 0.05) is 41.9 Å². The molecule has 6 rings (SSSR count). The molecule has 2 aromatic heterocycles. The van der Waals surface area contributed by atoms with Gasteiger partial charge in [0.25, 0.3) is 0 Å². The Balaban J connectivity index is 0.000000275. The lowest BCUT2D eigenvalue weighted by molar-refractivity contribution is 0.0510. The predicted octanol–water partition coefficient (Wildman–Crippen LogP) is 10.6. The maximum absolute atomic E-state index is 12.9. The maximum Gasteiger partial charge on any atom is 0.356 e. The summed E-state index contributed by atoms with van der Waals surface area (Å²) in [7, 11) is 0. The molecule has 0 saturated carbocycles. The van der Waals surface area contributed by atoms with Crippen LogP contribution in [0.3, 0.4) is 0 Å². The van der Waals surface area contributed by atoms with Crippen LogP contribution in [0.25, 0.3) is 22.5 Å². The summed E-state index contributed by atoms with van der Waals surface area (Å²) in [6, 6.07) is 23.8. The van der Waals surface area contributed by atoms with Crippen LogP contribution in [-0.4, -0.2) is 88.7 Å². The van der Waals surface area contributed by atoms with E-state index in [4.69, 9.17) is 9.47 Å². The summed E-state index contributed by atoms with van der Waals surface area (Å²) in [6.45, 7) is 27.4. The second-order valence-electron chi connectivity index (χ2n) is 16.2. The highest BCUT2D eigenvalue weighted by Crippen LogP contribution is 2.42. The third-order valence-electron chi connectivity index (χ3n) is 10.8. The molecule has 2 aromatic carbocycles. The third-order valence-corrected chi connectivity index (χ3v) is 10.8. The van der Waals surface area contributed by atoms with E-state index in [0.717, 1.165) is 71.4 Å². The van der Waals surface area contributed by atoms with Gasteiger partial charge < -0.3 is 29.9 Å². The van der Waals surface area contributed by atoms with Crippen molar-refractivity contribution >= 4 is 24.0 Å². The number of aliphatic imine (C=N–C) groups is 1. The number of amides is 2. The Morgan fingerprint density at radius 3 is 1.65 bits per heavy atom. The Bertz CT molecular complexity index is 2130. The summed E-state index contributed by atoms with van der Waals surface area (Å²) in [5.41, 5.74) is 8.67. The Morgan fingerprint density at radius 1 is 0.754 bits per heavy atom. The van der Waals surface area contributed by atoms with Crippen molar-refractivity contribution in [2.24, 2.45) is 4.99 Å². The minimum atomic E-state index is -0.440. The van der Waals surface area contributed by atoms with Gasteiger partial charge in [-0.1, -0.05) is 108 Å². The Morgan fingerprint density at radius 2 is 1.25 bits per heavy atom. The lowest BCUT2D eigenvalue weighted by Crippen LogP contribution is -2.42. The molecular weight excluding hydrogens is 819 g/mol. The number of hydrogen-bond donors (Lipinski definition) is 2. The molecule has 4 heterocycles. The predicted molar refractivity (Wildman–Crippen MR) is 259 cm³/mol. The number of ether oxygens (including phenoxy) is 2. The quantitative estimate of drug-likeness (QED) is 0.0669. The first-order chi connectivity index (χ1) is 31.3. The average Bonchev–Trinajstić information content (AvgIpc) is 3.89. The van der Waals surface area contributed by atoms with Gasteiger partial charge in [-0.3, -0.25) is 0 Å². The summed E-state index contributed by atoms with van der Waals surface area (Å²) in [4.78, 5) is 63.6. The van der Waals surface area contributed by atoms with Crippen molar-refractivity contribution in [2.75, 3.05) is 32.8 Å². The molecule has 0 unspecified atom stereocenters. The molecule has 352 valence electrons. The molecule has 0 bridgehead atoms. The van der Waals surface area contributed by atoms with Gasteiger partial charge in [-0.25, -0.2) is 34.1 Å². The number of benzene rings is 2. The second kappa shape index (κ2) is 28.2. The number of isocyanates is 1. The Labute approximate surface area is 387 Å². The molecule has 0 fully saturated rings. The van der Waals surface area contributed by atoms with Gasteiger partial charge in [-0.15, -0.1) is 0 Å². The number of fused-ring (bicyclic) bond motifs is 2. The molecule has 0 spiro atoms. The molecule has 0 radical (unpaired) electrons. The molecule has 2 atom stereocenters. The SMILES string of the molecule is CC(C)N=C=O.CCC[C@@H]1c2c(cc(C(=O)OCC)nc2-c2ccccc2)CN1C(=O)NC(C)C.CCC[C@H]1NCc2cc(C(=O)OCC)nc(-c3ccccc3)c21.CCN(CC)CC. The highest BCUT2D eigenvalue weighted by Gasteiger charge is 2.37. The second-order valence-corrected chi connectivity index (χ2v) is 16.2. The Hall–Kier alpha value is -5.75. The van der Waals surface area contributed by atoms with Crippen molar-refractivity contribution in [3.8, 4) is 22.5 Å². The molecule has 0 aliphatic carbocycles. The lowest BCUT2D eigenvalue weighted by atomic mass is 9.95. The van der Waals surface area contributed by atoms with Gasteiger partial charge in [0.15, 0.2) is 0 Å². The van der Waals surface area contributed by atoms with E-state index in [1.165, 1.54) is 31.3 Å². The number of carbonyl (C=O) groups excluding carboxylic acids is 4. The first-order valence-electron chi connectivity index (χ1n) is 23.4. The van der Waals surface area contributed by atoms with Crippen molar-refractivity contribution in [3.05, 3.63) is 106 Å². The minimum absolute atomic E-state index is 0.0512. The van der Waals surface area contributed by atoms with Gasteiger partial charge in [-0.2, -0.15) is 0 Å². The molecule has 2 aliphatic rings. The van der Waals surface area contributed by atoms with Crippen LogP contribution in [0.15, 0.2) is 77.8 Å². The zero-order valence-electron chi connectivity index (χ0n) is 40.7.